The zero-order chi connectivity index (χ0) is 10.1. The van der Waals surface area contributed by atoms with Crippen molar-refractivity contribution in [2.24, 2.45) is 0 Å². The van der Waals surface area contributed by atoms with Gasteiger partial charge in [-0.25, -0.2) is 0 Å². The number of benzene rings is 1. The Morgan fingerprint density at radius 2 is 2.36 bits per heavy atom. The molecule has 0 saturated carbocycles. The van der Waals surface area contributed by atoms with Gasteiger partial charge in [-0.05, 0) is 23.8 Å². The molecule has 0 fully saturated rings. The van der Waals surface area contributed by atoms with Crippen molar-refractivity contribution in [2.45, 2.75) is 4.90 Å². The predicted molar refractivity (Wildman–Crippen MR) is 63.3 cm³/mol. The van der Waals surface area contributed by atoms with E-state index in [0.29, 0.717) is 5.56 Å². The molecular formula is C10H6ClNS2. The number of nitrogens with zero attached hydrogens (tertiary/aromatic N) is 1. The molecule has 14 heavy (non-hydrogen) atoms. The fraction of sp³-hybridized carbons (Fsp3) is 0.100. The van der Waals surface area contributed by atoms with Crippen LogP contribution in [0.4, 0.5) is 0 Å². The van der Waals surface area contributed by atoms with Crippen molar-refractivity contribution in [3.05, 3.63) is 28.1 Å². The summed E-state index contributed by atoms with van der Waals surface area (Å²) in [6.07, 6.45) is 1.96. The van der Waals surface area contributed by atoms with E-state index in [1.807, 2.05) is 23.8 Å². The summed E-state index contributed by atoms with van der Waals surface area (Å²) in [5, 5.41) is 12.7. The average Bonchev–Trinajstić information content (AvgIpc) is 2.68. The van der Waals surface area contributed by atoms with Gasteiger partial charge in [-0.1, -0.05) is 11.6 Å². The minimum absolute atomic E-state index is 0.712. The van der Waals surface area contributed by atoms with Crippen molar-refractivity contribution in [3.8, 4) is 6.07 Å². The topological polar surface area (TPSA) is 23.8 Å². The van der Waals surface area contributed by atoms with Crippen LogP contribution in [0.25, 0.3) is 10.1 Å². The van der Waals surface area contributed by atoms with Crippen LogP contribution < -0.4 is 0 Å². The van der Waals surface area contributed by atoms with Gasteiger partial charge in [0.25, 0.3) is 0 Å². The maximum Gasteiger partial charge on any atom is 0.101 e. The number of halogens is 1. The molecule has 4 heteroatoms. The fourth-order valence-electron chi connectivity index (χ4n) is 1.31. The van der Waals surface area contributed by atoms with E-state index in [4.69, 9.17) is 16.9 Å². The molecule has 0 radical (unpaired) electrons. The van der Waals surface area contributed by atoms with Gasteiger partial charge in [0.15, 0.2) is 0 Å². The van der Waals surface area contributed by atoms with E-state index in [-0.39, 0.29) is 0 Å². The van der Waals surface area contributed by atoms with Gasteiger partial charge in [-0.3, -0.25) is 0 Å². The van der Waals surface area contributed by atoms with Crippen molar-refractivity contribution in [2.75, 3.05) is 6.26 Å². The van der Waals surface area contributed by atoms with Crippen molar-refractivity contribution in [3.63, 3.8) is 0 Å². The molecule has 0 aliphatic rings. The van der Waals surface area contributed by atoms with Crippen LogP contribution >= 0.6 is 34.7 Å². The molecule has 1 aromatic heterocycles. The molecule has 0 aliphatic carbocycles. The number of hydrogen-bond donors (Lipinski definition) is 0. The maximum absolute atomic E-state index is 8.97. The molecule has 0 saturated heterocycles. The first-order valence-corrected chi connectivity index (χ1v) is 6.40. The SMILES string of the molecule is CSc1cc(C#N)c2sccc2c1Cl. The zero-order valence-electron chi connectivity index (χ0n) is 7.37. The Labute approximate surface area is 95.3 Å². The Hall–Kier alpha value is -0.690. The Balaban J connectivity index is 2.89. The Bertz CT molecular complexity index is 525. The van der Waals surface area contributed by atoms with Gasteiger partial charge in [0.05, 0.1) is 15.3 Å². The van der Waals surface area contributed by atoms with Gasteiger partial charge in [0, 0.05) is 10.3 Å². The highest BCUT2D eigenvalue weighted by molar-refractivity contribution is 7.98. The predicted octanol–water partition coefficient (Wildman–Crippen LogP) is 4.15. The Morgan fingerprint density at radius 1 is 1.57 bits per heavy atom. The third-order valence-electron chi connectivity index (χ3n) is 1.98. The summed E-state index contributed by atoms with van der Waals surface area (Å²) in [4.78, 5) is 0.967. The average molecular weight is 240 g/mol. The first-order chi connectivity index (χ1) is 6.77. The highest BCUT2D eigenvalue weighted by atomic mass is 35.5. The van der Waals surface area contributed by atoms with E-state index in [9.17, 15) is 0 Å². The molecule has 0 spiro atoms. The first-order valence-electron chi connectivity index (χ1n) is 3.91. The Morgan fingerprint density at radius 3 is 3.00 bits per heavy atom. The molecule has 0 aliphatic heterocycles. The van der Waals surface area contributed by atoms with Crippen molar-refractivity contribution < 1.29 is 0 Å². The zero-order valence-corrected chi connectivity index (χ0v) is 9.76. The van der Waals surface area contributed by atoms with Crippen LogP contribution in [-0.2, 0) is 0 Å². The number of thioether (sulfide) groups is 1. The van der Waals surface area contributed by atoms with Crippen molar-refractivity contribution >= 4 is 44.8 Å². The van der Waals surface area contributed by atoms with Gasteiger partial charge < -0.3 is 0 Å². The molecule has 0 bridgehead atoms. The molecule has 0 unspecified atom stereocenters. The molecule has 70 valence electrons. The van der Waals surface area contributed by atoms with Crippen LogP contribution in [0.1, 0.15) is 5.56 Å². The summed E-state index contributed by atoms with van der Waals surface area (Å²) in [7, 11) is 0. The molecule has 1 heterocycles. The summed E-state index contributed by atoms with van der Waals surface area (Å²) in [6.45, 7) is 0. The molecule has 0 amide bonds. The highest BCUT2D eigenvalue weighted by Gasteiger charge is 2.10. The van der Waals surface area contributed by atoms with Crippen LogP contribution in [0, 0.1) is 11.3 Å². The maximum atomic E-state index is 8.97. The van der Waals surface area contributed by atoms with Crippen LogP contribution in [0.5, 0.6) is 0 Å². The quantitative estimate of drug-likeness (QED) is 0.698. The van der Waals surface area contributed by atoms with Crippen LogP contribution in [0.2, 0.25) is 5.02 Å². The largest absolute Gasteiger partial charge is 0.192 e. The third-order valence-corrected chi connectivity index (χ3v) is 4.21. The van der Waals surface area contributed by atoms with E-state index in [1.54, 1.807) is 23.1 Å². The molecule has 2 rings (SSSR count). The molecule has 0 N–H and O–H groups in total. The second kappa shape index (κ2) is 3.82. The summed E-state index contributed by atoms with van der Waals surface area (Å²) >= 11 is 9.31. The van der Waals surface area contributed by atoms with Gasteiger partial charge in [-0.15, -0.1) is 23.1 Å². The minimum atomic E-state index is 0.712. The number of rotatable bonds is 1. The fourth-order valence-corrected chi connectivity index (χ4v) is 3.21. The first kappa shape index (κ1) is 9.85. The standard InChI is InChI=1S/C10H6ClNS2/c1-13-8-4-6(5-12)10-7(9(8)11)2-3-14-10/h2-4H,1H3. The van der Waals surface area contributed by atoms with E-state index < -0.39 is 0 Å². The minimum Gasteiger partial charge on any atom is -0.192 e. The van der Waals surface area contributed by atoms with E-state index >= 15 is 0 Å². The van der Waals surface area contributed by atoms with Gasteiger partial charge in [-0.2, -0.15) is 5.26 Å². The lowest BCUT2D eigenvalue weighted by Gasteiger charge is -2.02. The second-order valence-corrected chi connectivity index (χ2v) is 4.86. The summed E-state index contributed by atoms with van der Waals surface area (Å²) in [5.41, 5.74) is 0.712. The number of thiophene rings is 1. The van der Waals surface area contributed by atoms with Crippen LogP contribution in [0.3, 0.4) is 0 Å². The van der Waals surface area contributed by atoms with Crippen LogP contribution in [0.15, 0.2) is 22.4 Å². The third kappa shape index (κ3) is 1.40. The highest BCUT2D eigenvalue weighted by Crippen LogP contribution is 2.37. The van der Waals surface area contributed by atoms with Gasteiger partial charge in [0.1, 0.15) is 6.07 Å². The van der Waals surface area contributed by atoms with Gasteiger partial charge in [0.2, 0.25) is 0 Å². The molecule has 1 nitrogen and oxygen atoms in total. The number of hydrogen-bond acceptors (Lipinski definition) is 3. The molecular weight excluding hydrogens is 234 g/mol. The van der Waals surface area contributed by atoms with E-state index in [2.05, 4.69) is 6.07 Å². The second-order valence-electron chi connectivity index (χ2n) is 2.72. The summed E-state index contributed by atoms with van der Waals surface area (Å²) in [5.74, 6) is 0. The molecule has 1 aromatic carbocycles. The van der Waals surface area contributed by atoms with Crippen molar-refractivity contribution in [1.29, 1.82) is 5.26 Å². The smallest absolute Gasteiger partial charge is 0.101 e. The Kier molecular flexibility index (Phi) is 2.69. The summed E-state index contributed by atoms with van der Waals surface area (Å²) in [6, 6.07) is 6.01. The summed E-state index contributed by atoms with van der Waals surface area (Å²) < 4.78 is 0.982. The van der Waals surface area contributed by atoms with Crippen LogP contribution in [-0.4, -0.2) is 6.26 Å². The molecule has 2 aromatic rings. The van der Waals surface area contributed by atoms with E-state index in [1.165, 1.54) is 0 Å². The lowest BCUT2D eigenvalue weighted by atomic mass is 10.2. The lowest BCUT2D eigenvalue weighted by Crippen LogP contribution is -1.80. The number of nitriles is 1. The normalized spacial score (nSPS) is 10.4. The lowest BCUT2D eigenvalue weighted by molar-refractivity contribution is 1.45. The van der Waals surface area contributed by atoms with E-state index in [0.717, 1.165) is 20.0 Å². The monoisotopic (exact) mass is 239 g/mol. The molecule has 0 atom stereocenters. The van der Waals surface area contributed by atoms with Gasteiger partial charge >= 0.3 is 0 Å². The van der Waals surface area contributed by atoms with Crippen molar-refractivity contribution in [1.82, 2.24) is 0 Å². The number of fused-ring (bicyclic) bond motifs is 1.